The van der Waals surface area contributed by atoms with E-state index in [-0.39, 0.29) is 18.1 Å². The minimum Gasteiger partial charge on any atom is -0.396 e. The van der Waals surface area contributed by atoms with Crippen LogP contribution in [-0.2, 0) is 0 Å². The second kappa shape index (κ2) is 5.50. The number of nitrogens with zero attached hydrogens (tertiary/aromatic N) is 1. The van der Waals surface area contributed by atoms with Crippen molar-refractivity contribution in [3.63, 3.8) is 0 Å². The highest BCUT2D eigenvalue weighted by Crippen LogP contribution is 2.06. The molecule has 0 saturated heterocycles. The molecule has 0 bridgehead atoms. The fourth-order valence-electron chi connectivity index (χ4n) is 1.40. The number of rotatable bonds is 5. The fourth-order valence-corrected chi connectivity index (χ4v) is 1.40. The molecule has 0 fully saturated rings. The van der Waals surface area contributed by atoms with E-state index < -0.39 is 6.10 Å². The first-order valence-corrected chi connectivity index (χ1v) is 5.25. The summed E-state index contributed by atoms with van der Waals surface area (Å²) in [5, 5.41) is 18.3. The Hall–Kier alpha value is -1.56. The zero-order valence-corrected chi connectivity index (χ0v) is 9.53. The molecule has 1 rings (SSSR count). The molecule has 6 heteroatoms. The Bertz CT molecular complexity index is 348. The lowest BCUT2D eigenvalue weighted by molar-refractivity contribution is 0.0896. The Kier molecular flexibility index (Phi) is 4.30. The quantitative estimate of drug-likeness (QED) is 0.572. The van der Waals surface area contributed by atoms with E-state index in [1.54, 1.807) is 0 Å². The number of amides is 1. The Balaban J connectivity index is 2.39. The van der Waals surface area contributed by atoms with E-state index in [0.29, 0.717) is 18.0 Å². The van der Waals surface area contributed by atoms with Gasteiger partial charge >= 0.3 is 0 Å². The number of nitrogen functional groups attached to an aromatic ring is 1. The van der Waals surface area contributed by atoms with E-state index in [4.69, 9.17) is 5.73 Å². The standard InChI is InChI=1S/C10H18N4O2/c1-6(2)3-7(15)4-12-10(16)9-8(11)5-13-14-9/h5-7,15H,3-4,11H2,1-2H3,(H,12,16)(H,13,14). The number of anilines is 1. The molecule has 90 valence electrons. The number of aromatic amines is 1. The van der Waals surface area contributed by atoms with Crippen LogP contribution < -0.4 is 11.1 Å². The topological polar surface area (TPSA) is 104 Å². The molecule has 1 heterocycles. The van der Waals surface area contributed by atoms with Gasteiger partial charge in [0.15, 0.2) is 0 Å². The lowest BCUT2D eigenvalue weighted by Crippen LogP contribution is -2.33. The van der Waals surface area contributed by atoms with Gasteiger partial charge in [-0.2, -0.15) is 5.10 Å². The molecular weight excluding hydrogens is 208 g/mol. The molecule has 6 nitrogen and oxygen atoms in total. The highest BCUT2D eigenvalue weighted by atomic mass is 16.3. The van der Waals surface area contributed by atoms with Crippen molar-refractivity contribution in [3.8, 4) is 0 Å². The number of carbonyl (C=O) groups excluding carboxylic acids is 1. The van der Waals surface area contributed by atoms with Gasteiger partial charge in [-0.15, -0.1) is 0 Å². The molecule has 16 heavy (non-hydrogen) atoms. The van der Waals surface area contributed by atoms with E-state index in [9.17, 15) is 9.90 Å². The van der Waals surface area contributed by atoms with E-state index >= 15 is 0 Å². The van der Waals surface area contributed by atoms with Crippen LogP contribution in [0.2, 0.25) is 0 Å². The van der Waals surface area contributed by atoms with Crippen molar-refractivity contribution < 1.29 is 9.90 Å². The van der Waals surface area contributed by atoms with Gasteiger partial charge in [0.1, 0.15) is 5.69 Å². The average molecular weight is 226 g/mol. The fraction of sp³-hybridized carbons (Fsp3) is 0.600. The first-order valence-electron chi connectivity index (χ1n) is 5.25. The van der Waals surface area contributed by atoms with Crippen molar-refractivity contribution in [2.45, 2.75) is 26.4 Å². The van der Waals surface area contributed by atoms with E-state index in [1.807, 2.05) is 13.8 Å². The van der Waals surface area contributed by atoms with Crippen molar-refractivity contribution in [1.82, 2.24) is 15.5 Å². The molecular formula is C10H18N4O2. The summed E-state index contributed by atoms with van der Waals surface area (Å²) in [6.45, 7) is 4.24. The summed E-state index contributed by atoms with van der Waals surface area (Å²) in [4.78, 5) is 11.5. The van der Waals surface area contributed by atoms with Crippen molar-refractivity contribution in [2.75, 3.05) is 12.3 Å². The van der Waals surface area contributed by atoms with Crippen LogP contribution >= 0.6 is 0 Å². The number of aliphatic hydroxyl groups excluding tert-OH is 1. The molecule has 0 spiro atoms. The summed E-state index contributed by atoms with van der Waals surface area (Å²) in [5.74, 6) is 0.0435. The van der Waals surface area contributed by atoms with Crippen LogP contribution in [0.4, 0.5) is 5.69 Å². The molecule has 1 unspecified atom stereocenters. The minimum atomic E-state index is -0.534. The largest absolute Gasteiger partial charge is 0.396 e. The average Bonchev–Trinajstić information content (AvgIpc) is 2.60. The number of hydrogen-bond acceptors (Lipinski definition) is 4. The molecule has 0 aliphatic carbocycles. The van der Waals surface area contributed by atoms with Gasteiger partial charge in [0.25, 0.3) is 5.91 Å². The van der Waals surface area contributed by atoms with E-state index in [0.717, 1.165) is 0 Å². The minimum absolute atomic E-state index is 0.218. The molecule has 1 aromatic rings. The third-order valence-corrected chi connectivity index (χ3v) is 2.14. The molecule has 0 aliphatic rings. The summed E-state index contributed by atoms with van der Waals surface area (Å²) < 4.78 is 0. The van der Waals surface area contributed by atoms with Gasteiger partial charge in [-0.1, -0.05) is 13.8 Å². The number of nitrogens with two attached hydrogens (primary N) is 1. The molecule has 0 radical (unpaired) electrons. The second-order valence-electron chi connectivity index (χ2n) is 4.19. The van der Waals surface area contributed by atoms with Gasteiger partial charge < -0.3 is 16.2 Å². The molecule has 0 saturated carbocycles. The van der Waals surface area contributed by atoms with Gasteiger partial charge in [-0.25, -0.2) is 0 Å². The van der Waals surface area contributed by atoms with Crippen molar-refractivity contribution >= 4 is 11.6 Å². The smallest absolute Gasteiger partial charge is 0.271 e. The molecule has 0 aromatic carbocycles. The van der Waals surface area contributed by atoms with Crippen LogP contribution in [0.25, 0.3) is 0 Å². The van der Waals surface area contributed by atoms with Gasteiger partial charge in [0, 0.05) is 6.54 Å². The maximum Gasteiger partial charge on any atom is 0.271 e. The van der Waals surface area contributed by atoms with Crippen LogP contribution in [0.1, 0.15) is 30.8 Å². The van der Waals surface area contributed by atoms with Gasteiger partial charge in [-0.3, -0.25) is 9.89 Å². The number of carbonyl (C=O) groups is 1. The van der Waals surface area contributed by atoms with Crippen LogP contribution in [0, 0.1) is 5.92 Å². The predicted octanol–water partition coefficient (Wildman–Crippen LogP) is 0.129. The van der Waals surface area contributed by atoms with E-state index in [2.05, 4.69) is 15.5 Å². The van der Waals surface area contributed by atoms with Crippen molar-refractivity contribution in [3.05, 3.63) is 11.9 Å². The molecule has 1 atom stereocenters. The van der Waals surface area contributed by atoms with E-state index in [1.165, 1.54) is 6.20 Å². The Morgan fingerprint density at radius 2 is 2.38 bits per heavy atom. The highest BCUT2D eigenvalue weighted by molar-refractivity contribution is 5.96. The first kappa shape index (κ1) is 12.5. The van der Waals surface area contributed by atoms with Crippen LogP contribution in [-0.4, -0.2) is 33.9 Å². The lowest BCUT2D eigenvalue weighted by Gasteiger charge is -2.13. The van der Waals surface area contributed by atoms with Crippen LogP contribution in [0.5, 0.6) is 0 Å². The normalized spacial score (nSPS) is 12.8. The maximum absolute atomic E-state index is 11.5. The van der Waals surface area contributed by atoms with Crippen LogP contribution in [0.15, 0.2) is 6.20 Å². The summed E-state index contributed by atoms with van der Waals surface area (Å²) in [5.41, 5.74) is 6.05. The molecule has 1 amide bonds. The summed E-state index contributed by atoms with van der Waals surface area (Å²) in [6, 6.07) is 0. The number of aromatic nitrogens is 2. The Labute approximate surface area is 94.2 Å². The third kappa shape index (κ3) is 3.54. The molecule has 5 N–H and O–H groups in total. The van der Waals surface area contributed by atoms with Gasteiger partial charge in [0.05, 0.1) is 18.0 Å². The number of aliphatic hydroxyl groups is 1. The van der Waals surface area contributed by atoms with Crippen molar-refractivity contribution in [1.29, 1.82) is 0 Å². The van der Waals surface area contributed by atoms with Gasteiger partial charge in [-0.05, 0) is 12.3 Å². The zero-order chi connectivity index (χ0) is 12.1. The number of H-pyrrole nitrogens is 1. The molecule has 1 aromatic heterocycles. The maximum atomic E-state index is 11.5. The van der Waals surface area contributed by atoms with Crippen molar-refractivity contribution in [2.24, 2.45) is 5.92 Å². The molecule has 0 aliphatic heterocycles. The Morgan fingerprint density at radius 1 is 1.69 bits per heavy atom. The second-order valence-corrected chi connectivity index (χ2v) is 4.19. The Morgan fingerprint density at radius 3 is 2.88 bits per heavy atom. The lowest BCUT2D eigenvalue weighted by atomic mass is 10.1. The highest BCUT2D eigenvalue weighted by Gasteiger charge is 2.13. The third-order valence-electron chi connectivity index (χ3n) is 2.14. The monoisotopic (exact) mass is 226 g/mol. The number of nitrogens with one attached hydrogen (secondary N) is 2. The SMILES string of the molecule is CC(C)CC(O)CNC(=O)c1[nH]ncc1N. The summed E-state index contributed by atoms with van der Waals surface area (Å²) >= 11 is 0. The number of hydrogen-bond donors (Lipinski definition) is 4. The van der Waals surface area contributed by atoms with Crippen LogP contribution in [0.3, 0.4) is 0 Å². The summed E-state index contributed by atoms with van der Waals surface area (Å²) in [6.07, 6.45) is 1.49. The zero-order valence-electron chi connectivity index (χ0n) is 9.53. The summed E-state index contributed by atoms with van der Waals surface area (Å²) in [7, 11) is 0. The predicted molar refractivity (Wildman–Crippen MR) is 60.8 cm³/mol. The first-order chi connectivity index (χ1) is 7.50. The van der Waals surface area contributed by atoms with Gasteiger partial charge in [0.2, 0.25) is 0 Å².